The van der Waals surface area contributed by atoms with Crippen LogP contribution in [-0.2, 0) is 0 Å². The molecule has 0 saturated heterocycles. The van der Waals surface area contributed by atoms with Gasteiger partial charge in [0.05, 0.1) is 12.1 Å². The normalized spacial score (nSPS) is 26.1. The quantitative estimate of drug-likeness (QED) is 0.749. The van der Waals surface area contributed by atoms with E-state index < -0.39 is 0 Å². The van der Waals surface area contributed by atoms with Crippen LogP contribution in [0.4, 0.5) is 5.95 Å². The van der Waals surface area contributed by atoms with E-state index in [2.05, 4.69) is 15.3 Å². The third-order valence-electron chi connectivity index (χ3n) is 3.09. The van der Waals surface area contributed by atoms with Crippen LogP contribution in [0.1, 0.15) is 37.8 Å². The van der Waals surface area contributed by atoms with Crippen LogP contribution in [0.15, 0.2) is 12.3 Å². The predicted molar refractivity (Wildman–Crippen MR) is 63.3 cm³/mol. The molecular weight excluding hydrogens is 202 g/mol. The Morgan fingerprint density at radius 1 is 1.31 bits per heavy atom. The van der Waals surface area contributed by atoms with Crippen molar-refractivity contribution in [1.82, 2.24) is 9.97 Å². The lowest BCUT2D eigenvalue weighted by molar-refractivity contribution is 0.144. The van der Waals surface area contributed by atoms with Gasteiger partial charge < -0.3 is 10.4 Å². The largest absolute Gasteiger partial charge is 0.391 e. The van der Waals surface area contributed by atoms with E-state index in [0.29, 0.717) is 5.95 Å². The number of hydrogen-bond donors (Lipinski definition) is 2. The van der Waals surface area contributed by atoms with Crippen LogP contribution < -0.4 is 5.32 Å². The highest BCUT2D eigenvalue weighted by Crippen LogP contribution is 2.20. The highest BCUT2D eigenvalue weighted by Gasteiger charge is 2.21. The molecule has 0 aromatic carbocycles. The minimum Gasteiger partial charge on any atom is -0.391 e. The maximum Gasteiger partial charge on any atom is 0.223 e. The van der Waals surface area contributed by atoms with Crippen LogP contribution >= 0.6 is 0 Å². The second kappa shape index (κ2) is 5.25. The molecule has 2 unspecified atom stereocenters. The number of aliphatic hydroxyl groups excluding tert-OH is 1. The van der Waals surface area contributed by atoms with Gasteiger partial charge in [-0.15, -0.1) is 0 Å². The zero-order valence-electron chi connectivity index (χ0n) is 9.69. The fraction of sp³-hybridized carbons (Fsp3) is 0.667. The number of anilines is 1. The second-order valence-electron chi connectivity index (χ2n) is 4.48. The number of rotatable bonds is 2. The second-order valence-corrected chi connectivity index (χ2v) is 4.48. The zero-order valence-corrected chi connectivity index (χ0v) is 9.69. The van der Waals surface area contributed by atoms with E-state index in [1.807, 2.05) is 13.0 Å². The van der Waals surface area contributed by atoms with Gasteiger partial charge in [-0.25, -0.2) is 9.97 Å². The Balaban J connectivity index is 2.02. The third-order valence-corrected chi connectivity index (χ3v) is 3.09. The number of aromatic nitrogens is 2. The summed E-state index contributed by atoms with van der Waals surface area (Å²) in [5.41, 5.74) is 0.945. The molecule has 16 heavy (non-hydrogen) atoms. The molecule has 1 aromatic rings. The van der Waals surface area contributed by atoms with Gasteiger partial charge >= 0.3 is 0 Å². The topological polar surface area (TPSA) is 58.0 Å². The van der Waals surface area contributed by atoms with Crippen LogP contribution in [0, 0.1) is 6.92 Å². The number of hydrogen-bond acceptors (Lipinski definition) is 4. The van der Waals surface area contributed by atoms with Crippen molar-refractivity contribution in [3.8, 4) is 0 Å². The minimum atomic E-state index is -0.272. The van der Waals surface area contributed by atoms with Gasteiger partial charge in [0.15, 0.2) is 0 Å². The standard InChI is InChI=1S/C12H19N3O/c1-9-7-8-13-12(14-9)15-10-5-3-2-4-6-11(10)16/h7-8,10-11,16H,2-6H2,1H3,(H,13,14,15). The lowest BCUT2D eigenvalue weighted by Crippen LogP contribution is -2.33. The van der Waals surface area contributed by atoms with Crippen molar-refractivity contribution in [2.45, 2.75) is 51.2 Å². The highest BCUT2D eigenvalue weighted by atomic mass is 16.3. The molecule has 4 heteroatoms. The minimum absolute atomic E-state index is 0.101. The molecule has 0 amide bonds. The average molecular weight is 221 g/mol. The number of aryl methyl sites for hydroxylation is 1. The first-order valence-corrected chi connectivity index (χ1v) is 6.00. The lowest BCUT2D eigenvalue weighted by atomic mass is 10.1. The van der Waals surface area contributed by atoms with Crippen molar-refractivity contribution < 1.29 is 5.11 Å². The fourth-order valence-electron chi connectivity index (χ4n) is 2.14. The van der Waals surface area contributed by atoms with E-state index in [-0.39, 0.29) is 12.1 Å². The molecule has 1 fully saturated rings. The van der Waals surface area contributed by atoms with E-state index >= 15 is 0 Å². The van der Waals surface area contributed by atoms with E-state index in [4.69, 9.17) is 0 Å². The Labute approximate surface area is 96.1 Å². The van der Waals surface area contributed by atoms with E-state index in [1.165, 1.54) is 12.8 Å². The molecule has 0 spiro atoms. The Morgan fingerprint density at radius 3 is 2.94 bits per heavy atom. The van der Waals surface area contributed by atoms with Crippen molar-refractivity contribution in [2.75, 3.05) is 5.32 Å². The SMILES string of the molecule is Cc1ccnc(NC2CCCCCC2O)n1. The summed E-state index contributed by atoms with van der Waals surface area (Å²) < 4.78 is 0. The molecule has 4 nitrogen and oxygen atoms in total. The van der Waals surface area contributed by atoms with Crippen molar-refractivity contribution in [2.24, 2.45) is 0 Å². The Kier molecular flexibility index (Phi) is 3.72. The summed E-state index contributed by atoms with van der Waals surface area (Å²) >= 11 is 0. The summed E-state index contributed by atoms with van der Waals surface area (Å²) in [5.74, 6) is 0.631. The van der Waals surface area contributed by atoms with Gasteiger partial charge in [-0.2, -0.15) is 0 Å². The van der Waals surface area contributed by atoms with Gasteiger partial charge in [0.2, 0.25) is 5.95 Å². The molecule has 2 N–H and O–H groups in total. The van der Waals surface area contributed by atoms with Crippen molar-refractivity contribution in [3.63, 3.8) is 0 Å². The van der Waals surface area contributed by atoms with Crippen molar-refractivity contribution in [3.05, 3.63) is 18.0 Å². The first kappa shape index (κ1) is 11.3. The molecular formula is C12H19N3O. The summed E-state index contributed by atoms with van der Waals surface area (Å²) in [4.78, 5) is 8.46. The van der Waals surface area contributed by atoms with Gasteiger partial charge in [0.25, 0.3) is 0 Å². The third kappa shape index (κ3) is 2.92. The number of nitrogens with zero attached hydrogens (tertiary/aromatic N) is 2. The maximum atomic E-state index is 9.96. The Morgan fingerprint density at radius 2 is 2.12 bits per heavy atom. The van der Waals surface area contributed by atoms with Crippen LogP contribution in [0.25, 0.3) is 0 Å². The van der Waals surface area contributed by atoms with Crippen LogP contribution in [0.5, 0.6) is 0 Å². The lowest BCUT2D eigenvalue weighted by Gasteiger charge is -2.21. The molecule has 1 aliphatic rings. The molecule has 0 bridgehead atoms. The van der Waals surface area contributed by atoms with E-state index in [0.717, 1.165) is 25.0 Å². The first-order valence-electron chi connectivity index (χ1n) is 6.00. The average Bonchev–Trinajstić information content (AvgIpc) is 2.45. The Hall–Kier alpha value is -1.16. The first-order chi connectivity index (χ1) is 7.75. The zero-order chi connectivity index (χ0) is 11.4. The summed E-state index contributed by atoms with van der Waals surface area (Å²) in [6.45, 7) is 1.94. The van der Waals surface area contributed by atoms with Crippen molar-refractivity contribution in [1.29, 1.82) is 0 Å². The summed E-state index contributed by atoms with van der Waals surface area (Å²) in [5, 5.41) is 13.2. The summed E-state index contributed by atoms with van der Waals surface area (Å²) in [6.07, 6.45) is 6.85. The molecule has 0 radical (unpaired) electrons. The predicted octanol–water partition coefficient (Wildman–Crippen LogP) is 1.89. The highest BCUT2D eigenvalue weighted by molar-refractivity contribution is 5.27. The van der Waals surface area contributed by atoms with Gasteiger partial charge in [0.1, 0.15) is 0 Å². The molecule has 1 aromatic heterocycles. The monoisotopic (exact) mass is 221 g/mol. The maximum absolute atomic E-state index is 9.96. The summed E-state index contributed by atoms with van der Waals surface area (Å²) in [6, 6.07) is 1.97. The molecule has 1 aliphatic carbocycles. The van der Waals surface area contributed by atoms with Gasteiger partial charge in [-0.05, 0) is 25.8 Å². The Bertz CT molecular complexity index is 343. The van der Waals surface area contributed by atoms with Gasteiger partial charge in [0, 0.05) is 11.9 Å². The molecule has 1 saturated carbocycles. The number of aliphatic hydroxyl groups is 1. The van der Waals surface area contributed by atoms with Gasteiger partial charge in [-0.3, -0.25) is 0 Å². The fourth-order valence-corrected chi connectivity index (χ4v) is 2.14. The smallest absolute Gasteiger partial charge is 0.223 e. The van der Waals surface area contributed by atoms with Crippen LogP contribution in [0.3, 0.4) is 0 Å². The molecule has 1 heterocycles. The van der Waals surface area contributed by atoms with Crippen molar-refractivity contribution >= 4 is 5.95 Å². The van der Waals surface area contributed by atoms with E-state index in [1.54, 1.807) is 6.20 Å². The summed E-state index contributed by atoms with van der Waals surface area (Å²) in [7, 11) is 0. The molecule has 2 rings (SSSR count). The van der Waals surface area contributed by atoms with Gasteiger partial charge in [-0.1, -0.05) is 19.3 Å². The van der Waals surface area contributed by atoms with E-state index in [9.17, 15) is 5.11 Å². The molecule has 2 atom stereocenters. The molecule has 88 valence electrons. The number of nitrogens with one attached hydrogen (secondary N) is 1. The molecule has 0 aliphatic heterocycles. The van der Waals surface area contributed by atoms with Crippen LogP contribution in [0.2, 0.25) is 0 Å². The van der Waals surface area contributed by atoms with Crippen LogP contribution in [-0.4, -0.2) is 27.2 Å².